The van der Waals surface area contributed by atoms with Crippen molar-refractivity contribution in [2.75, 3.05) is 6.54 Å². The molecular weight excluding hydrogens is 462 g/mol. The zero-order chi connectivity index (χ0) is 23.5. The van der Waals surface area contributed by atoms with Crippen molar-refractivity contribution in [1.82, 2.24) is 15.2 Å². The number of carboxylic acids is 1. The van der Waals surface area contributed by atoms with Crippen LogP contribution < -0.4 is 5.32 Å². The Morgan fingerprint density at radius 1 is 1.09 bits per heavy atom. The maximum Gasteiger partial charge on any atom is 0.303 e. The molecule has 2 N–H and O–H groups in total. The molecule has 0 aliphatic carbocycles. The molecule has 2 aromatic rings. The summed E-state index contributed by atoms with van der Waals surface area (Å²) >= 11 is 6.55. The van der Waals surface area contributed by atoms with E-state index in [0.29, 0.717) is 63.1 Å². The molecule has 3 amide bonds. The van der Waals surface area contributed by atoms with Crippen LogP contribution in [0.3, 0.4) is 0 Å². The summed E-state index contributed by atoms with van der Waals surface area (Å²) in [5.41, 5.74) is 2.51. The zero-order valence-corrected chi connectivity index (χ0v) is 19.0. The summed E-state index contributed by atoms with van der Waals surface area (Å²) in [6, 6.07) is 10.3. The smallest absolute Gasteiger partial charge is 0.303 e. The highest BCUT2D eigenvalue weighted by atomic mass is 32.2. The van der Waals surface area contributed by atoms with E-state index in [2.05, 4.69) is 10.3 Å². The van der Waals surface area contributed by atoms with Gasteiger partial charge in [-0.15, -0.1) is 0 Å². The molecule has 1 fully saturated rings. The molecule has 0 saturated carbocycles. The number of rotatable bonds is 8. The fraction of sp³-hybridized carbons (Fsp3) is 0.217. The van der Waals surface area contributed by atoms with E-state index in [4.69, 9.17) is 17.3 Å². The molecule has 1 aromatic carbocycles. The van der Waals surface area contributed by atoms with E-state index in [1.165, 1.54) is 16.7 Å². The molecule has 2 aliphatic heterocycles. The van der Waals surface area contributed by atoms with Crippen LogP contribution in [0.2, 0.25) is 0 Å². The number of unbranched alkanes of at least 4 members (excludes halogenated alkanes) is 2. The lowest BCUT2D eigenvalue weighted by Crippen LogP contribution is -2.29. The maximum absolute atomic E-state index is 12.8. The minimum Gasteiger partial charge on any atom is -0.481 e. The highest BCUT2D eigenvalue weighted by Gasteiger charge is 2.31. The van der Waals surface area contributed by atoms with Gasteiger partial charge in [0.1, 0.15) is 4.32 Å². The van der Waals surface area contributed by atoms with E-state index < -0.39 is 17.8 Å². The Bertz CT molecular complexity index is 1220. The van der Waals surface area contributed by atoms with Crippen LogP contribution in [0.5, 0.6) is 0 Å². The molecule has 0 spiro atoms. The third-order valence-electron chi connectivity index (χ3n) is 5.23. The molecule has 10 heteroatoms. The number of thiocarbonyl (C=S) groups is 1. The number of carboxylic acid groups (broad SMARTS) is 1. The number of fused-ring (bicyclic) bond motifs is 1. The number of imide groups is 1. The first-order valence-electron chi connectivity index (χ1n) is 10.3. The molecule has 0 bridgehead atoms. The van der Waals surface area contributed by atoms with Crippen LogP contribution >= 0.6 is 24.0 Å². The van der Waals surface area contributed by atoms with Crippen LogP contribution in [0, 0.1) is 0 Å². The van der Waals surface area contributed by atoms with Gasteiger partial charge in [-0.05, 0) is 43.2 Å². The molecule has 4 rings (SSSR count). The van der Waals surface area contributed by atoms with E-state index in [1.807, 2.05) is 0 Å². The summed E-state index contributed by atoms with van der Waals surface area (Å²) in [4.78, 5) is 53.7. The highest BCUT2D eigenvalue weighted by Crippen LogP contribution is 2.33. The molecule has 1 aromatic heterocycles. The molecule has 33 heavy (non-hydrogen) atoms. The SMILES string of the molecule is O=C(O)CCCCCN1C(=O)C(=Cc2cccc(-c3ccc4c(c3)C(=O)NC4=O)n2)SC1=S. The predicted octanol–water partition coefficient (Wildman–Crippen LogP) is 3.48. The van der Waals surface area contributed by atoms with Gasteiger partial charge < -0.3 is 5.11 Å². The molecule has 0 atom stereocenters. The van der Waals surface area contributed by atoms with Crippen molar-refractivity contribution in [2.24, 2.45) is 0 Å². The van der Waals surface area contributed by atoms with Crippen molar-refractivity contribution in [3.8, 4) is 11.3 Å². The van der Waals surface area contributed by atoms with Crippen molar-refractivity contribution < 1.29 is 24.3 Å². The quantitative estimate of drug-likeness (QED) is 0.255. The van der Waals surface area contributed by atoms with Gasteiger partial charge in [0.15, 0.2) is 0 Å². The Morgan fingerprint density at radius 3 is 2.67 bits per heavy atom. The van der Waals surface area contributed by atoms with Gasteiger partial charge in [0.05, 0.1) is 27.4 Å². The van der Waals surface area contributed by atoms with E-state index in [-0.39, 0.29) is 12.3 Å². The Balaban J connectivity index is 1.47. The lowest BCUT2D eigenvalue weighted by Gasteiger charge is -2.13. The number of thioether (sulfide) groups is 1. The van der Waals surface area contributed by atoms with E-state index in [0.717, 1.165) is 0 Å². The van der Waals surface area contributed by atoms with Crippen molar-refractivity contribution >= 4 is 58.1 Å². The first-order chi connectivity index (χ1) is 15.8. The largest absolute Gasteiger partial charge is 0.481 e. The summed E-state index contributed by atoms with van der Waals surface area (Å²) in [5, 5.41) is 11.0. The van der Waals surface area contributed by atoms with Crippen LogP contribution in [0.1, 0.15) is 52.1 Å². The molecule has 3 heterocycles. The summed E-state index contributed by atoms with van der Waals surface area (Å²) in [6.45, 7) is 0.449. The number of benzene rings is 1. The molecule has 1 saturated heterocycles. The van der Waals surface area contributed by atoms with Gasteiger partial charge in [0.2, 0.25) is 0 Å². The Hall–Kier alpha value is -3.37. The van der Waals surface area contributed by atoms with Gasteiger partial charge in [-0.3, -0.25) is 29.4 Å². The molecule has 2 aliphatic rings. The monoisotopic (exact) mass is 481 g/mol. The molecule has 8 nitrogen and oxygen atoms in total. The van der Waals surface area contributed by atoms with Crippen LogP contribution in [0.4, 0.5) is 0 Å². The summed E-state index contributed by atoms with van der Waals surface area (Å²) in [6.07, 6.45) is 3.74. The third-order valence-corrected chi connectivity index (χ3v) is 6.60. The second-order valence-corrected chi connectivity index (χ2v) is 9.20. The Labute approximate surface area is 199 Å². The number of amides is 3. The summed E-state index contributed by atoms with van der Waals surface area (Å²) < 4.78 is 0.468. The normalized spacial score (nSPS) is 16.5. The van der Waals surface area contributed by atoms with Crippen molar-refractivity contribution in [1.29, 1.82) is 0 Å². The van der Waals surface area contributed by atoms with Crippen LogP contribution in [0.15, 0.2) is 41.3 Å². The number of aliphatic carboxylic acids is 1. The number of nitrogens with zero attached hydrogens (tertiary/aromatic N) is 2. The van der Waals surface area contributed by atoms with E-state index in [1.54, 1.807) is 42.5 Å². The molecule has 0 unspecified atom stereocenters. The molecular formula is C23H19N3O5S2. The van der Waals surface area contributed by atoms with E-state index in [9.17, 15) is 19.2 Å². The number of carbonyl (C=O) groups is 4. The number of aromatic nitrogens is 1. The standard InChI is InChI=1S/C23H19N3O5S2/c27-19(28)7-2-1-3-10-26-22(31)18(33-23(26)32)12-14-5-4-6-17(24-14)13-8-9-15-16(11-13)21(30)25-20(15)29/h4-6,8-9,11-12H,1-3,7,10H2,(H,27,28)(H,25,29,30). The van der Waals surface area contributed by atoms with Crippen LogP contribution in [-0.2, 0) is 9.59 Å². The first kappa shape index (κ1) is 22.8. The lowest BCUT2D eigenvalue weighted by atomic mass is 10.0. The fourth-order valence-corrected chi connectivity index (χ4v) is 4.86. The summed E-state index contributed by atoms with van der Waals surface area (Å²) in [7, 11) is 0. The maximum atomic E-state index is 12.8. The Kier molecular flexibility index (Phi) is 6.66. The van der Waals surface area contributed by atoms with Crippen molar-refractivity contribution in [2.45, 2.75) is 25.7 Å². The minimum absolute atomic E-state index is 0.117. The predicted molar refractivity (Wildman–Crippen MR) is 127 cm³/mol. The van der Waals surface area contributed by atoms with Crippen molar-refractivity contribution in [3.63, 3.8) is 0 Å². The minimum atomic E-state index is -0.824. The topological polar surface area (TPSA) is 117 Å². The lowest BCUT2D eigenvalue weighted by molar-refractivity contribution is -0.137. The first-order valence-corrected chi connectivity index (χ1v) is 11.5. The molecule has 168 valence electrons. The fourth-order valence-electron chi connectivity index (χ4n) is 3.57. The van der Waals surface area contributed by atoms with Gasteiger partial charge in [-0.2, -0.15) is 0 Å². The van der Waals surface area contributed by atoms with Gasteiger partial charge in [0.25, 0.3) is 17.7 Å². The average molecular weight is 482 g/mol. The van der Waals surface area contributed by atoms with Crippen molar-refractivity contribution in [3.05, 3.63) is 58.1 Å². The van der Waals surface area contributed by atoms with Gasteiger partial charge in [-0.1, -0.05) is 42.5 Å². The van der Waals surface area contributed by atoms with Gasteiger partial charge in [-0.25, -0.2) is 4.98 Å². The van der Waals surface area contributed by atoms with E-state index >= 15 is 0 Å². The summed E-state index contributed by atoms with van der Waals surface area (Å²) in [5.74, 6) is -1.86. The number of pyridine rings is 1. The van der Waals surface area contributed by atoms with Crippen LogP contribution in [0.25, 0.3) is 17.3 Å². The second-order valence-electron chi connectivity index (χ2n) is 7.53. The number of carbonyl (C=O) groups excluding carboxylic acids is 3. The average Bonchev–Trinajstić information content (AvgIpc) is 3.22. The second kappa shape index (κ2) is 9.63. The Morgan fingerprint density at radius 2 is 1.88 bits per heavy atom. The van der Waals surface area contributed by atoms with Gasteiger partial charge >= 0.3 is 5.97 Å². The number of nitrogens with one attached hydrogen (secondary N) is 1. The highest BCUT2D eigenvalue weighted by molar-refractivity contribution is 8.26. The molecule has 0 radical (unpaired) electrons. The van der Waals surface area contributed by atoms with Gasteiger partial charge in [0, 0.05) is 18.5 Å². The number of hydrogen-bond donors (Lipinski definition) is 2. The third kappa shape index (κ3) is 5.01. The van der Waals surface area contributed by atoms with Crippen LogP contribution in [-0.4, -0.2) is 49.5 Å². The number of hydrogen-bond acceptors (Lipinski definition) is 7. The zero-order valence-electron chi connectivity index (χ0n) is 17.4.